The van der Waals surface area contributed by atoms with Crippen molar-refractivity contribution in [1.82, 2.24) is 0 Å². The number of allylic oxidation sites excluding steroid dienone is 1. The van der Waals surface area contributed by atoms with Crippen molar-refractivity contribution >= 4 is 23.3 Å². The molecule has 0 aromatic carbocycles. The van der Waals surface area contributed by atoms with E-state index in [1.165, 1.54) is 0 Å². The van der Waals surface area contributed by atoms with Crippen LogP contribution in [0.5, 0.6) is 0 Å². The number of ketones is 3. The molecule has 0 heterocycles. The maximum atomic E-state index is 13.6. The average molecular weight is 451 g/mol. The minimum Gasteiger partial charge on any atom is -0.507 e. The van der Waals surface area contributed by atoms with E-state index in [0.717, 1.165) is 0 Å². The summed E-state index contributed by atoms with van der Waals surface area (Å²) in [5, 5.41) is 11.2. The number of hydrogen-bond donors (Lipinski definition) is 1. The SMILES string of the molecule is CC(C)CCC(=O)[C@@]1(OC(=O)CC(C)(C)C)C(O)=C(C(=O)C(C)C)C(=O)C1CCC(C)C. The van der Waals surface area contributed by atoms with Gasteiger partial charge in [0.15, 0.2) is 23.1 Å². The van der Waals surface area contributed by atoms with Gasteiger partial charge in [0.25, 0.3) is 0 Å². The molecule has 0 amide bonds. The molecule has 0 aliphatic heterocycles. The summed E-state index contributed by atoms with van der Waals surface area (Å²) >= 11 is 0. The standard InChI is InChI=1S/C26H42O6/c1-15(2)10-12-18-23(30)21(22(29)17(5)6)24(31)26(18,19(27)13-11-16(3)4)32-20(28)14-25(7,8)9/h15-18,31H,10-14H2,1-9H3/t18?,26-/m1/s1. The lowest BCUT2D eigenvalue weighted by atomic mass is 9.78. The van der Waals surface area contributed by atoms with Gasteiger partial charge in [0, 0.05) is 12.3 Å². The molecule has 0 fully saturated rings. The number of ether oxygens (including phenoxy) is 1. The zero-order valence-corrected chi connectivity index (χ0v) is 21.3. The summed E-state index contributed by atoms with van der Waals surface area (Å²) in [6.07, 6.45) is 1.40. The van der Waals surface area contributed by atoms with Gasteiger partial charge in [0.2, 0.25) is 5.60 Å². The summed E-state index contributed by atoms with van der Waals surface area (Å²) in [6.45, 7) is 16.7. The van der Waals surface area contributed by atoms with Crippen molar-refractivity contribution in [2.75, 3.05) is 0 Å². The minimum absolute atomic E-state index is 0.0119. The molecule has 1 rings (SSSR count). The third-order valence-electron chi connectivity index (χ3n) is 5.76. The van der Waals surface area contributed by atoms with Gasteiger partial charge in [-0.2, -0.15) is 0 Å². The molecule has 32 heavy (non-hydrogen) atoms. The Labute approximate surface area is 193 Å². The van der Waals surface area contributed by atoms with Crippen LogP contribution in [0.1, 0.15) is 94.4 Å². The van der Waals surface area contributed by atoms with Gasteiger partial charge in [-0.25, -0.2) is 0 Å². The van der Waals surface area contributed by atoms with Crippen LogP contribution in [0.25, 0.3) is 0 Å². The van der Waals surface area contributed by atoms with E-state index in [0.29, 0.717) is 12.8 Å². The molecule has 1 aliphatic rings. The summed E-state index contributed by atoms with van der Waals surface area (Å²) < 4.78 is 5.79. The highest BCUT2D eigenvalue weighted by Crippen LogP contribution is 2.46. The zero-order valence-electron chi connectivity index (χ0n) is 21.3. The van der Waals surface area contributed by atoms with Crippen LogP contribution in [-0.2, 0) is 23.9 Å². The Kier molecular flexibility index (Phi) is 9.43. The quantitative estimate of drug-likeness (QED) is 0.335. The number of esters is 1. The van der Waals surface area contributed by atoms with Crippen LogP contribution < -0.4 is 0 Å². The molecule has 0 bridgehead atoms. The number of carbonyl (C=O) groups excluding carboxylic acids is 4. The fraction of sp³-hybridized carbons (Fsp3) is 0.769. The molecule has 0 radical (unpaired) electrons. The number of carbonyl (C=O) groups is 4. The highest BCUT2D eigenvalue weighted by molar-refractivity contribution is 6.26. The third kappa shape index (κ3) is 6.52. The predicted molar refractivity (Wildman–Crippen MR) is 124 cm³/mol. The number of hydrogen-bond acceptors (Lipinski definition) is 6. The highest BCUT2D eigenvalue weighted by Gasteiger charge is 2.62. The lowest BCUT2D eigenvalue weighted by Crippen LogP contribution is -2.51. The number of Topliss-reactive ketones (excluding diaryl/α,β-unsaturated/α-hetero) is 3. The minimum atomic E-state index is -2.12. The zero-order chi connectivity index (χ0) is 25.0. The molecule has 0 saturated heterocycles. The molecule has 1 N–H and O–H groups in total. The number of aliphatic hydroxyl groups is 1. The second-order valence-corrected chi connectivity index (χ2v) is 11.4. The van der Waals surface area contributed by atoms with Crippen LogP contribution in [0.3, 0.4) is 0 Å². The van der Waals surface area contributed by atoms with Crippen molar-refractivity contribution in [2.45, 2.75) is 100 Å². The first-order valence-corrected chi connectivity index (χ1v) is 11.8. The fourth-order valence-corrected chi connectivity index (χ4v) is 3.94. The highest BCUT2D eigenvalue weighted by atomic mass is 16.6. The Morgan fingerprint density at radius 1 is 1.00 bits per heavy atom. The van der Waals surface area contributed by atoms with Gasteiger partial charge in [-0.05, 0) is 30.1 Å². The van der Waals surface area contributed by atoms with E-state index < -0.39 is 51.9 Å². The van der Waals surface area contributed by atoms with Crippen molar-refractivity contribution in [3.8, 4) is 0 Å². The summed E-state index contributed by atoms with van der Waals surface area (Å²) in [6, 6.07) is 0. The Bertz CT molecular complexity index is 766. The molecule has 0 saturated carbocycles. The topological polar surface area (TPSA) is 97.7 Å². The molecule has 6 heteroatoms. The van der Waals surface area contributed by atoms with Gasteiger partial charge in [-0.1, -0.05) is 68.7 Å². The average Bonchev–Trinajstić information content (AvgIpc) is 2.82. The molecular formula is C26H42O6. The molecule has 0 aromatic heterocycles. The summed E-state index contributed by atoms with van der Waals surface area (Å²) in [7, 11) is 0. The van der Waals surface area contributed by atoms with E-state index in [-0.39, 0.29) is 36.7 Å². The predicted octanol–water partition coefficient (Wildman–Crippen LogP) is 5.38. The molecule has 182 valence electrons. The fourth-order valence-electron chi connectivity index (χ4n) is 3.94. The van der Waals surface area contributed by atoms with E-state index in [1.54, 1.807) is 13.8 Å². The van der Waals surface area contributed by atoms with Crippen LogP contribution in [0.15, 0.2) is 11.3 Å². The monoisotopic (exact) mass is 450 g/mol. The summed E-state index contributed by atoms with van der Waals surface area (Å²) in [5.41, 5.74) is -2.91. The third-order valence-corrected chi connectivity index (χ3v) is 5.76. The van der Waals surface area contributed by atoms with Gasteiger partial charge < -0.3 is 9.84 Å². The van der Waals surface area contributed by atoms with E-state index >= 15 is 0 Å². The van der Waals surface area contributed by atoms with E-state index in [2.05, 4.69) is 0 Å². The van der Waals surface area contributed by atoms with Crippen molar-refractivity contribution < 1.29 is 29.0 Å². The van der Waals surface area contributed by atoms with E-state index in [9.17, 15) is 24.3 Å². The molecule has 0 spiro atoms. The van der Waals surface area contributed by atoms with Crippen molar-refractivity contribution in [1.29, 1.82) is 0 Å². The normalized spacial score (nSPS) is 21.8. The first-order chi connectivity index (χ1) is 14.5. The van der Waals surface area contributed by atoms with Crippen LogP contribution in [0, 0.1) is 29.1 Å². The molecule has 1 unspecified atom stereocenters. The van der Waals surface area contributed by atoms with Gasteiger partial charge in [-0.15, -0.1) is 0 Å². The van der Waals surface area contributed by atoms with Crippen LogP contribution >= 0.6 is 0 Å². The van der Waals surface area contributed by atoms with Crippen molar-refractivity contribution in [2.24, 2.45) is 29.1 Å². The van der Waals surface area contributed by atoms with Crippen LogP contribution in [0.2, 0.25) is 0 Å². The van der Waals surface area contributed by atoms with Gasteiger partial charge in [0.05, 0.1) is 12.3 Å². The molecule has 2 atom stereocenters. The maximum Gasteiger partial charge on any atom is 0.307 e. The Balaban J connectivity index is 3.66. The first kappa shape index (κ1) is 28.1. The second-order valence-electron chi connectivity index (χ2n) is 11.4. The Morgan fingerprint density at radius 3 is 1.97 bits per heavy atom. The molecular weight excluding hydrogens is 408 g/mol. The molecule has 6 nitrogen and oxygen atoms in total. The van der Waals surface area contributed by atoms with Gasteiger partial charge >= 0.3 is 5.97 Å². The van der Waals surface area contributed by atoms with Crippen molar-refractivity contribution in [3.05, 3.63) is 11.3 Å². The molecule has 1 aliphatic carbocycles. The first-order valence-electron chi connectivity index (χ1n) is 11.8. The van der Waals surface area contributed by atoms with E-state index in [4.69, 9.17) is 4.74 Å². The van der Waals surface area contributed by atoms with Gasteiger partial charge in [-0.3, -0.25) is 19.2 Å². The lowest BCUT2D eigenvalue weighted by molar-refractivity contribution is -0.174. The Morgan fingerprint density at radius 2 is 1.53 bits per heavy atom. The molecule has 0 aromatic rings. The van der Waals surface area contributed by atoms with Crippen LogP contribution in [0.4, 0.5) is 0 Å². The number of aliphatic hydroxyl groups excluding tert-OH is 1. The number of rotatable bonds is 11. The summed E-state index contributed by atoms with van der Waals surface area (Å²) in [4.78, 5) is 52.8. The van der Waals surface area contributed by atoms with Crippen LogP contribution in [-0.4, -0.2) is 34.0 Å². The Hall–Kier alpha value is -1.98. The van der Waals surface area contributed by atoms with E-state index in [1.807, 2.05) is 48.5 Å². The summed E-state index contributed by atoms with van der Waals surface area (Å²) in [5.74, 6) is -4.19. The van der Waals surface area contributed by atoms with Gasteiger partial charge in [0.1, 0.15) is 5.57 Å². The maximum absolute atomic E-state index is 13.6. The second kappa shape index (κ2) is 10.8. The smallest absolute Gasteiger partial charge is 0.307 e. The van der Waals surface area contributed by atoms with Crippen molar-refractivity contribution in [3.63, 3.8) is 0 Å². The largest absolute Gasteiger partial charge is 0.507 e. The lowest BCUT2D eigenvalue weighted by Gasteiger charge is -2.34.